The second-order valence-corrected chi connectivity index (χ2v) is 6.28. The number of nitrogens with zero attached hydrogens (tertiary/aromatic N) is 3. The lowest BCUT2D eigenvalue weighted by Gasteiger charge is -2.32. The van der Waals surface area contributed by atoms with Gasteiger partial charge in [0.05, 0.1) is 24.3 Å². The fraction of sp³-hybridized carbons (Fsp3) is 0.556. The Morgan fingerprint density at radius 3 is 2.79 bits per heavy atom. The summed E-state index contributed by atoms with van der Waals surface area (Å²) in [6.07, 6.45) is 4.03. The van der Waals surface area contributed by atoms with E-state index in [1.165, 1.54) is 12.8 Å². The molecule has 130 valence electrons. The van der Waals surface area contributed by atoms with E-state index in [1.807, 2.05) is 6.07 Å². The summed E-state index contributed by atoms with van der Waals surface area (Å²) in [5.74, 6) is 0.674. The molecule has 0 amide bonds. The summed E-state index contributed by atoms with van der Waals surface area (Å²) in [6.45, 7) is 6.91. The van der Waals surface area contributed by atoms with Crippen LogP contribution in [0.25, 0.3) is 11.0 Å². The van der Waals surface area contributed by atoms with E-state index in [4.69, 9.17) is 4.74 Å². The molecule has 1 aliphatic heterocycles. The minimum absolute atomic E-state index is 0.0140. The van der Waals surface area contributed by atoms with Crippen molar-refractivity contribution in [3.05, 3.63) is 34.7 Å². The van der Waals surface area contributed by atoms with Crippen LogP contribution in [0, 0.1) is 0 Å². The molecular weight excluding hydrogens is 304 g/mol. The molecule has 0 bridgehead atoms. The predicted molar refractivity (Wildman–Crippen MR) is 95.7 cm³/mol. The fourth-order valence-corrected chi connectivity index (χ4v) is 3.38. The molecule has 1 N–H and O–H groups in total. The monoisotopic (exact) mass is 330 g/mol. The summed E-state index contributed by atoms with van der Waals surface area (Å²) >= 11 is 0. The molecule has 2 aromatic heterocycles. The molecule has 1 aliphatic rings. The van der Waals surface area contributed by atoms with Gasteiger partial charge in [0.15, 0.2) is 0 Å². The van der Waals surface area contributed by atoms with Crippen molar-refractivity contribution in [1.82, 2.24) is 19.8 Å². The average Bonchev–Trinajstić information content (AvgIpc) is 2.62. The Bertz CT molecular complexity index is 735. The Morgan fingerprint density at radius 2 is 2.08 bits per heavy atom. The van der Waals surface area contributed by atoms with Crippen molar-refractivity contribution < 1.29 is 4.74 Å². The van der Waals surface area contributed by atoms with Gasteiger partial charge in [0.1, 0.15) is 5.75 Å². The minimum atomic E-state index is 0.0140. The quantitative estimate of drug-likeness (QED) is 0.869. The number of piperidine rings is 1. The molecule has 0 aromatic carbocycles. The van der Waals surface area contributed by atoms with Crippen LogP contribution in [0.15, 0.2) is 29.2 Å². The van der Waals surface area contributed by atoms with Crippen LogP contribution in [-0.4, -0.2) is 53.8 Å². The highest BCUT2D eigenvalue weighted by Crippen LogP contribution is 2.17. The van der Waals surface area contributed by atoms with Gasteiger partial charge in [-0.1, -0.05) is 6.92 Å². The van der Waals surface area contributed by atoms with E-state index in [0.29, 0.717) is 18.3 Å². The van der Waals surface area contributed by atoms with E-state index in [0.717, 1.165) is 37.2 Å². The van der Waals surface area contributed by atoms with Gasteiger partial charge in [-0.3, -0.25) is 9.78 Å². The average molecular weight is 330 g/mol. The number of rotatable bonds is 6. The first-order valence-corrected chi connectivity index (χ1v) is 8.70. The first-order valence-electron chi connectivity index (χ1n) is 8.70. The van der Waals surface area contributed by atoms with Crippen molar-refractivity contribution in [3.8, 4) is 5.75 Å². The molecule has 1 fully saturated rings. The minimum Gasteiger partial charge on any atom is -0.495 e. The number of fused-ring (bicyclic) bond motifs is 1. The van der Waals surface area contributed by atoms with Crippen LogP contribution in [-0.2, 0) is 6.54 Å². The molecule has 0 spiro atoms. The lowest BCUT2D eigenvalue weighted by Crippen LogP contribution is -2.43. The molecule has 1 saturated heterocycles. The molecule has 0 aliphatic carbocycles. The molecule has 3 rings (SSSR count). The molecule has 3 heterocycles. The van der Waals surface area contributed by atoms with E-state index in [2.05, 4.69) is 22.1 Å². The molecule has 0 radical (unpaired) electrons. The Hall–Kier alpha value is -1.92. The number of hydrogen-bond donors (Lipinski definition) is 1. The van der Waals surface area contributed by atoms with E-state index < -0.39 is 0 Å². The second-order valence-electron chi connectivity index (χ2n) is 6.28. The maximum absolute atomic E-state index is 12.3. The predicted octanol–water partition coefficient (Wildman–Crippen LogP) is 1.48. The SMILES string of the molecule is CCNC1CCN(CCn2c(=O)ccc3ncc(OC)cc32)CC1. The summed E-state index contributed by atoms with van der Waals surface area (Å²) < 4.78 is 7.06. The van der Waals surface area contributed by atoms with Crippen LogP contribution in [0.1, 0.15) is 19.8 Å². The number of aromatic nitrogens is 2. The van der Waals surface area contributed by atoms with Crippen molar-refractivity contribution >= 4 is 11.0 Å². The summed E-state index contributed by atoms with van der Waals surface area (Å²) in [7, 11) is 1.61. The van der Waals surface area contributed by atoms with E-state index in [1.54, 1.807) is 30.0 Å². The van der Waals surface area contributed by atoms with Gasteiger partial charge < -0.3 is 19.5 Å². The smallest absolute Gasteiger partial charge is 0.251 e. The van der Waals surface area contributed by atoms with Crippen LogP contribution in [0.3, 0.4) is 0 Å². The number of nitrogens with one attached hydrogen (secondary N) is 1. The van der Waals surface area contributed by atoms with Gasteiger partial charge in [-0.2, -0.15) is 0 Å². The maximum Gasteiger partial charge on any atom is 0.251 e. The second kappa shape index (κ2) is 7.77. The Morgan fingerprint density at radius 1 is 1.29 bits per heavy atom. The lowest BCUT2D eigenvalue weighted by atomic mass is 10.1. The largest absolute Gasteiger partial charge is 0.495 e. The zero-order valence-corrected chi connectivity index (χ0v) is 14.5. The fourth-order valence-electron chi connectivity index (χ4n) is 3.38. The molecular formula is C18H26N4O2. The third-order valence-electron chi connectivity index (χ3n) is 4.77. The maximum atomic E-state index is 12.3. The first kappa shape index (κ1) is 16.9. The Labute approximate surface area is 142 Å². The van der Waals surface area contributed by atoms with Gasteiger partial charge in [0.25, 0.3) is 5.56 Å². The topological polar surface area (TPSA) is 59.4 Å². The number of ether oxygens (including phenoxy) is 1. The zero-order valence-electron chi connectivity index (χ0n) is 14.5. The molecule has 6 nitrogen and oxygen atoms in total. The molecule has 24 heavy (non-hydrogen) atoms. The van der Waals surface area contributed by atoms with Gasteiger partial charge in [0.2, 0.25) is 0 Å². The number of methoxy groups -OCH3 is 1. The standard InChI is InChI=1S/C18H26N4O2/c1-3-19-14-6-8-21(9-7-14)10-11-22-17-12-15(24-2)13-20-16(17)4-5-18(22)23/h4-5,12-14,19H,3,6-11H2,1-2H3. The zero-order chi connectivity index (χ0) is 16.9. The van der Waals surface area contributed by atoms with Crippen LogP contribution >= 0.6 is 0 Å². The third kappa shape index (κ3) is 3.76. The highest BCUT2D eigenvalue weighted by molar-refractivity contribution is 5.75. The van der Waals surface area contributed by atoms with Gasteiger partial charge in [-0.15, -0.1) is 0 Å². The molecule has 0 atom stereocenters. The van der Waals surface area contributed by atoms with Crippen molar-refractivity contribution in [2.75, 3.05) is 33.3 Å². The first-order chi connectivity index (χ1) is 11.7. The molecule has 0 saturated carbocycles. The van der Waals surface area contributed by atoms with Gasteiger partial charge in [-0.25, -0.2) is 0 Å². The Balaban J connectivity index is 1.71. The van der Waals surface area contributed by atoms with Crippen molar-refractivity contribution in [2.24, 2.45) is 0 Å². The van der Waals surface area contributed by atoms with E-state index in [9.17, 15) is 4.79 Å². The highest BCUT2D eigenvalue weighted by atomic mass is 16.5. The van der Waals surface area contributed by atoms with Crippen LogP contribution < -0.4 is 15.6 Å². The molecule has 0 unspecified atom stereocenters. The van der Waals surface area contributed by atoms with Crippen molar-refractivity contribution in [3.63, 3.8) is 0 Å². The van der Waals surface area contributed by atoms with E-state index >= 15 is 0 Å². The molecule has 2 aromatic rings. The lowest BCUT2D eigenvalue weighted by molar-refractivity contribution is 0.193. The Kier molecular flexibility index (Phi) is 5.48. The van der Waals surface area contributed by atoms with Crippen LogP contribution in [0.4, 0.5) is 0 Å². The number of hydrogen-bond acceptors (Lipinski definition) is 5. The highest BCUT2D eigenvalue weighted by Gasteiger charge is 2.18. The summed E-state index contributed by atoms with van der Waals surface area (Å²) in [4.78, 5) is 19.1. The van der Waals surface area contributed by atoms with Crippen LogP contribution in [0.5, 0.6) is 5.75 Å². The van der Waals surface area contributed by atoms with Gasteiger partial charge >= 0.3 is 0 Å². The molecule has 6 heteroatoms. The summed E-state index contributed by atoms with van der Waals surface area (Å²) in [5, 5.41) is 3.52. The van der Waals surface area contributed by atoms with Gasteiger partial charge in [0, 0.05) is 31.3 Å². The summed E-state index contributed by atoms with van der Waals surface area (Å²) in [6, 6.07) is 5.90. The van der Waals surface area contributed by atoms with Crippen molar-refractivity contribution in [2.45, 2.75) is 32.4 Å². The summed E-state index contributed by atoms with van der Waals surface area (Å²) in [5.41, 5.74) is 1.67. The third-order valence-corrected chi connectivity index (χ3v) is 4.77. The van der Waals surface area contributed by atoms with Crippen molar-refractivity contribution in [1.29, 1.82) is 0 Å². The van der Waals surface area contributed by atoms with Crippen LogP contribution in [0.2, 0.25) is 0 Å². The normalized spacial score (nSPS) is 16.6. The van der Waals surface area contributed by atoms with Gasteiger partial charge in [-0.05, 0) is 38.5 Å². The number of likely N-dealkylation sites (tertiary alicyclic amines) is 1. The number of pyridine rings is 2. The van der Waals surface area contributed by atoms with E-state index in [-0.39, 0.29) is 5.56 Å².